The molecule has 0 radical (unpaired) electrons. The lowest BCUT2D eigenvalue weighted by Gasteiger charge is -2.08. The van der Waals surface area contributed by atoms with Gasteiger partial charge in [-0.2, -0.15) is 0 Å². The van der Waals surface area contributed by atoms with E-state index >= 15 is 0 Å². The number of para-hydroxylation sites is 1. The van der Waals surface area contributed by atoms with Crippen molar-refractivity contribution in [2.24, 2.45) is 0 Å². The minimum Gasteiger partial charge on any atom is -0.478 e. The molecule has 0 aliphatic heterocycles. The number of aromatic nitrogens is 1. The van der Waals surface area contributed by atoms with Gasteiger partial charge in [0.25, 0.3) is 0 Å². The Bertz CT molecular complexity index is 833. The SMILES string of the molecule is O=C(O)c1cc(Oc2cccc(Cl)c2)nc2ccccc12. The quantitative estimate of drug-likeness (QED) is 0.779. The van der Waals surface area contributed by atoms with E-state index < -0.39 is 5.97 Å². The van der Waals surface area contributed by atoms with Gasteiger partial charge < -0.3 is 9.84 Å². The highest BCUT2D eigenvalue weighted by molar-refractivity contribution is 6.30. The third-order valence-corrected chi connectivity index (χ3v) is 3.18. The molecule has 0 saturated carbocycles. The number of aromatic carboxylic acids is 1. The molecule has 3 rings (SSSR count). The van der Waals surface area contributed by atoms with Gasteiger partial charge in [0.05, 0.1) is 11.1 Å². The van der Waals surface area contributed by atoms with Crippen molar-refractivity contribution in [1.29, 1.82) is 0 Å². The van der Waals surface area contributed by atoms with Crippen LogP contribution in [0, 0.1) is 0 Å². The molecule has 0 atom stereocenters. The highest BCUT2D eigenvalue weighted by atomic mass is 35.5. The van der Waals surface area contributed by atoms with Gasteiger partial charge in [-0.05, 0) is 24.3 Å². The first-order chi connectivity index (χ1) is 10.1. The number of carboxylic acid groups (broad SMARTS) is 1. The number of fused-ring (bicyclic) bond motifs is 1. The molecule has 3 aromatic rings. The normalized spacial score (nSPS) is 10.5. The average Bonchev–Trinajstić information content (AvgIpc) is 2.46. The van der Waals surface area contributed by atoms with Crippen LogP contribution in [0.5, 0.6) is 11.6 Å². The summed E-state index contributed by atoms with van der Waals surface area (Å²) in [5.74, 6) is -0.306. The Hall–Kier alpha value is -2.59. The van der Waals surface area contributed by atoms with Crippen molar-refractivity contribution in [3.63, 3.8) is 0 Å². The Morgan fingerprint density at radius 3 is 2.67 bits per heavy atom. The standard InChI is InChI=1S/C16H10ClNO3/c17-10-4-3-5-11(8-10)21-15-9-13(16(19)20)12-6-1-2-7-14(12)18-15/h1-9H,(H,19,20). The van der Waals surface area contributed by atoms with Gasteiger partial charge in [0.1, 0.15) is 5.75 Å². The number of hydrogen-bond donors (Lipinski definition) is 1. The van der Waals surface area contributed by atoms with E-state index in [1.165, 1.54) is 6.07 Å². The summed E-state index contributed by atoms with van der Waals surface area (Å²) < 4.78 is 5.60. The second-order valence-electron chi connectivity index (χ2n) is 4.39. The summed E-state index contributed by atoms with van der Waals surface area (Å²) >= 11 is 5.89. The number of pyridine rings is 1. The van der Waals surface area contributed by atoms with E-state index in [9.17, 15) is 9.90 Å². The van der Waals surface area contributed by atoms with Gasteiger partial charge in [0, 0.05) is 16.5 Å². The number of carboxylic acids is 1. The summed E-state index contributed by atoms with van der Waals surface area (Å²) in [5.41, 5.74) is 0.715. The van der Waals surface area contributed by atoms with E-state index in [0.717, 1.165) is 0 Å². The highest BCUT2D eigenvalue weighted by Gasteiger charge is 2.12. The maximum absolute atomic E-state index is 11.4. The van der Waals surface area contributed by atoms with Crippen LogP contribution >= 0.6 is 11.6 Å². The Morgan fingerprint density at radius 2 is 1.90 bits per heavy atom. The van der Waals surface area contributed by atoms with Gasteiger partial charge in [0.15, 0.2) is 0 Å². The fourth-order valence-corrected chi connectivity index (χ4v) is 2.21. The summed E-state index contributed by atoms with van der Waals surface area (Å²) in [6, 6.07) is 15.3. The molecule has 5 heteroatoms. The first kappa shape index (κ1) is 13.4. The van der Waals surface area contributed by atoms with Crippen molar-refractivity contribution < 1.29 is 14.6 Å². The summed E-state index contributed by atoms with van der Waals surface area (Å²) in [4.78, 5) is 15.7. The Labute approximate surface area is 125 Å². The maximum atomic E-state index is 11.4. The third kappa shape index (κ3) is 2.80. The average molecular weight is 300 g/mol. The summed E-state index contributed by atoms with van der Waals surface area (Å²) in [7, 11) is 0. The molecule has 0 saturated heterocycles. The monoisotopic (exact) mass is 299 g/mol. The van der Waals surface area contributed by atoms with Crippen LogP contribution < -0.4 is 4.74 Å². The predicted octanol–water partition coefficient (Wildman–Crippen LogP) is 4.38. The van der Waals surface area contributed by atoms with E-state index in [4.69, 9.17) is 16.3 Å². The number of benzene rings is 2. The van der Waals surface area contributed by atoms with Gasteiger partial charge in [-0.3, -0.25) is 0 Å². The van der Waals surface area contributed by atoms with E-state index in [0.29, 0.717) is 21.7 Å². The highest BCUT2D eigenvalue weighted by Crippen LogP contribution is 2.27. The van der Waals surface area contributed by atoms with E-state index in [2.05, 4.69) is 4.98 Å². The predicted molar refractivity (Wildman–Crippen MR) is 80.2 cm³/mol. The lowest BCUT2D eigenvalue weighted by atomic mass is 10.1. The molecule has 0 spiro atoms. The van der Waals surface area contributed by atoms with Crippen LogP contribution in [0.25, 0.3) is 10.9 Å². The minimum atomic E-state index is -1.02. The molecular formula is C16H10ClNO3. The van der Waals surface area contributed by atoms with Gasteiger partial charge in [-0.15, -0.1) is 0 Å². The molecule has 1 N–H and O–H groups in total. The molecule has 2 aromatic carbocycles. The zero-order valence-corrected chi connectivity index (χ0v) is 11.5. The molecule has 4 nitrogen and oxygen atoms in total. The number of nitrogens with zero attached hydrogens (tertiary/aromatic N) is 1. The van der Waals surface area contributed by atoms with Gasteiger partial charge in [-0.25, -0.2) is 9.78 Å². The van der Waals surface area contributed by atoms with Gasteiger partial charge >= 0.3 is 5.97 Å². The molecule has 1 heterocycles. The zero-order valence-electron chi connectivity index (χ0n) is 10.8. The number of carbonyl (C=O) groups is 1. The number of hydrogen-bond acceptors (Lipinski definition) is 3. The van der Waals surface area contributed by atoms with Crippen molar-refractivity contribution in [2.45, 2.75) is 0 Å². The Morgan fingerprint density at radius 1 is 1.10 bits per heavy atom. The molecule has 21 heavy (non-hydrogen) atoms. The Balaban J connectivity index is 2.09. The number of halogens is 1. The van der Waals surface area contributed by atoms with Crippen molar-refractivity contribution in [1.82, 2.24) is 4.98 Å². The topological polar surface area (TPSA) is 59.4 Å². The molecule has 1 aromatic heterocycles. The van der Waals surface area contributed by atoms with Crippen molar-refractivity contribution >= 4 is 28.5 Å². The van der Waals surface area contributed by atoms with Crippen LogP contribution in [0.4, 0.5) is 0 Å². The largest absolute Gasteiger partial charge is 0.478 e. The minimum absolute atomic E-state index is 0.151. The second-order valence-corrected chi connectivity index (χ2v) is 4.83. The molecule has 0 bridgehead atoms. The van der Waals surface area contributed by atoms with Gasteiger partial charge in [0.2, 0.25) is 5.88 Å². The third-order valence-electron chi connectivity index (χ3n) is 2.94. The smallest absolute Gasteiger partial charge is 0.336 e. The molecule has 0 fully saturated rings. The van der Waals surface area contributed by atoms with Crippen LogP contribution in [0.2, 0.25) is 5.02 Å². The van der Waals surface area contributed by atoms with E-state index in [1.807, 2.05) is 0 Å². The van der Waals surface area contributed by atoms with Crippen LogP contribution in [0.15, 0.2) is 54.6 Å². The molecular weight excluding hydrogens is 290 g/mol. The van der Waals surface area contributed by atoms with Crippen LogP contribution in [-0.4, -0.2) is 16.1 Å². The fraction of sp³-hybridized carbons (Fsp3) is 0. The lowest BCUT2D eigenvalue weighted by molar-refractivity contribution is 0.0698. The summed E-state index contributed by atoms with van der Waals surface area (Å²) in [5, 5.41) is 10.4. The second kappa shape index (κ2) is 5.42. The first-order valence-electron chi connectivity index (χ1n) is 6.20. The molecule has 104 valence electrons. The van der Waals surface area contributed by atoms with Crippen molar-refractivity contribution in [2.75, 3.05) is 0 Å². The number of rotatable bonds is 3. The summed E-state index contributed by atoms with van der Waals surface area (Å²) in [6.45, 7) is 0. The zero-order chi connectivity index (χ0) is 14.8. The van der Waals surface area contributed by atoms with E-state index in [1.54, 1.807) is 48.5 Å². The van der Waals surface area contributed by atoms with Crippen molar-refractivity contribution in [3.05, 3.63) is 65.2 Å². The van der Waals surface area contributed by atoms with Gasteiger partial charge in [-0.1, -0.05) is 35.9 Å². The Kier molecular flexibility index (Phi) is 3.46. The first-order valence-corrected chi connectivity index (χ1v) is 6.58. The molecule has 0 aliphatic carbocycles. The van der Waals surface area contributed by atoms with Crippen LogP contribution in [-0.2, 0) is 0 Å². The molecule has 0 aliphatic rings. The fourth-order valence-electron chi connectivity index (χ4n) is 2.03. The lowest BCUT2D eigenvalue weighted by Crippen LogP contribution is -2.00. The van der Waals surface area contributed by atoms with Crippen LogP contribution in [0.1, 0.15) is 10.4 Å². The van der Waals surface area contributed by atoms with Crippen LogP contribution in [0.3, 0.4) is 0 Å². The maximum Gasteiger partial charge on any atom is 0.336 e. The van der Waals surface area contributed by atoms with E-state index in [-0.39, 0.29) is 11.4 Å². The van der Waals surface area contributed by atoms with Crippen molar-refractivity contribution in [3.8, 4) is 11.6 Å². The molecule has 0 amide bonds. The molecule has 0 unspecified atom stereocenters. The summed E-state index contributed by atoms with van der Waals surface area (Å²) in [6.07, 6.45) is 0. The number of ether oxygens (including phenoxy) is 1.